The Morgan fingerprint density at radius 2 is 2.00 bits per heavy atom. The molecule has 92 valence electrons. The summed E-state index contributed by atoms with van der Waals surface area (Å²) in [4.78, 5) is 12.2. The van der Waals surface area contributed by atoms with Crippen LogP contribution in [0, 0.1) is 5.92 Å². The Labute approximate surface area is 102 Å². The van der Waals surface area contributed by atoms with Gasteiger partial charge in [-0.1, -0.05) is 0 Å². The molecule has 0 amide bonds. The lowest BCUT2D eigenvalue weighted by atomic mass is 10.0. The second-order valence-electron chi connectivity index (χ2n) is 4.32. The van der Waals surface area contributed by atoms with Gasteiger partial charge in [0.1, 0.15) is 11.9 Å². The number of rotatable bonds is 6. The lowest BCUT2D eigenvalue weighted by Gasteiger charge is -2.13. The van der Waals surface area contributed by atoms with E-state index in [0.29, 0.717) is 18.1 Å². The van der Waals surface area contributed by atoms with E-state index < -0.39 is 0 Å². The quantitative estimate of drug-likeness (QED) is 0.710. The third-order valence-corrected chi connectivity index (χ3v) is 3.01. The number of ether oxygens (including phenoxy) is 2. The summed E-state index contributed by atoms with van der Waals surface area (Å²) in [7, 11) is 1.61. The fourth-order valence-electron chi connectivity index (χ4n) is 1.96. The molecule has 3 nitrogen and oxygen atoms in total. The van der Waals surface area contributed by atoms with Crippen molar-refractivity contribution < 1.29 is 14.3 Å². The Morgan fingerprint density at radius 1 is 1.35 bits per heavy atom. The van der Waals surface area contributed by atoms with Gasteiger partial charge in [0.2, 0.25) is 0 Å². The monoisotopic (exact) mass is 234 g/mol. The predicted molar refractivity (Wildman–Crippen MR) is 65.5 cm³/mol. The third-order valence-electron chi connectivity index (χ3n) is 3.01. The molecule has 1 aliphatic rings. The van der Waals surface area contributed by atoms with Crippen molar-refractivity contribution in [3.63, 3.8) is 0 Å². The molecule has 0 radical (unpaired) electrons. The minimum absolute atomic E-state index is 0.0815. The summed E-state index contributed by atoms with van der Waals surface area (Å²) >= 11 is 0. The standard InChI is InChI=1S/C14H18O3/c1-3-17-12-8-6-10(7-9-12)13(15)14(16-2)11-4-5-11/h6-9,11,14H,3-5H2,1-2H3. The number of carbonyl (C=O) groups excluding carboxylic acids is 1. The molecule has 0 spiro atoms. The van der Waals surface area contributed by atoms with E-state index in [-0.39, 0.29) is 11.9 Å². The van der Waals surface area contributed by atoms with Crippen LogP contribution in [0.5, 0.6) is 5.75 Å². The number of hydrogen-bond acceptors (Lipinski definition) is 3. The van der Waals surface area contributed by atoms with Crippen LogP contribution >= 0.6 is 0 Å². The van der Waals surface area contributed by atoms with E-state index in [1.54, 1.807) is 7.11 Å². The molecule has 1 unspecified atom stereocenters. The molecule has 0 saturated heterocycles. The smallest absolute Gasteiger partial charge is 0.191 e. The first kappa shape index (κ1) is 12.1. The zero-order valence-corrected chi connectivity index (χ0v) is 10.3. The van der Waals surface area contributed by atoms with Crippen molar-refractivity contribution in [2.24, 2.45) is 5.92 Å². The molecule has 0 bridgehead atoms. The summed E-state index contributed by atoms with van der Waals surface area (Å²) in [6.07, 6.45) is 1.93. The first-order chi connectivity index (χ1) is 8.26. The van der Waals surface area contributed by atoms with Crippen LogP contribution in [-0.4, -0.2) is 25.6 Å². The molecule has 3 heteroatoms. The maximum atomic E-state index is 12.2. The van der Waals surface area contributed by atoms with Gasteiger partial charge in [-0.05, 0) is 49.9 Å². The SMILES string of the molecule is CCOc1ccc(C(=O)C(OC)C2CC2)cc1. The maximum Gasteiger partial charge on any atom is 0.191 e. The molecule has 1 atom stereocenters. The Hall–Kier alpha value is -1.35. The Kier molecular flexibility index (Phi) is 3.79. The fourth-order valence-corrected chi connectivity index (χ4v) is 1.96. The minimum Gasteiger partial charge on any atom is -0.494 e. The van der Waals surface area contributed by atoms with Crippen LogP contribution in [0.25, 0.3) is 0 Å². The molecule has 1 fully saturated rings. The van der Waals surface area contributed by atoms with Crippen molar-refractivity contribution >= 4 is 5.78 Å². The number of Topliss-reactive ketones (excluding diaryl/α,β-unsaturated/α-hetero) is 1. The maximum absolute atomic E-state index is 12.2. The number of carbonyl (C=O) groups is 1. The van der Waals surface area contributed by atoms with E-state index in [2.05, 4.69) is 0 Å². The molecule has 0 aliphatic heterocycles. The lowest BCUT2D eigenvalue weighted by Crippen LogP contribution is -2.25. The van der Waals surface area contributed by atoms with Crippen LogP contribution in [-0.2, 0) is 4.74 Å². The van der Waals surface area contributed by atoms with Crippen molar-refractivity contribution in [2.45, 2.75) is 25.9 Å². The third kappa shape index (κ3) is 2.86. The number of ketones is 1. The lowest BCUT2D eigenvalue weighted by molar-refractivity contribution is 0.0540. The van der Waals surface area contributed by atoms with Crippen LogP contribution in [0.15, 0.2) is 24.3 Å². The van der Waals surface area contributed by atoms with Gasteiger partial charge in [-0.2, -0.15) is 0 Å². The predicted octanol–water partition coefficient (Wildman–Crippen LogP) is 2.69. The molecule has 1 aromatic rings. The van der Waals surface area contributed by atoms with Gasteiger partial charge in [-0.25, -0.2) is 0 Å². The van der Waals surface area contributed by atoms with Gasteiger partial charge >= 0.3 is 0 Å². The van der Waals surface area contributed by atoms with Gasteiger partial charge in [-0.15, -0.1) is 0 Å². The molecule has 2 rings (SSSR count). The number of benzene rings is 1. The minimum atomic E-state index is -0.270. The molecule has 1 aliphatic carbocycles. The van der Waals surface area contributed by atoms with E-state index in [1.165, 1.54) is 0 Å². The molecule has 1 aromatic carbocycles. The number of hydrogen-bond donors (Lipinski definition) is 0. The van der Waals surface area contributed by atoms with Crippen molar-refractivity contribution in [2.75, 3.05) is 13.7 Å². The van der Waals surface area contributed by atoms with E-state index in [1.807, 2.05) is 31.2 Å². The summed E-state index contributed by atoms with van der Waals surface area (Å²) in [5, 5.41) is 0. The first-order valence-electron chi connectivity index (χ1n) is 6.06. The van der Waals surface area contributed by atoms with Crippen molar-refractivity contribution in [1.82, 2.24) is 0 Å². The highest BCUT2D eigenvalue weighted by Crippen LogP contribution is 2.35. The van der Waals surface area contributed by atoms with Gasteiger partial charge in [-0.3, -0.25) is 4.79 Å². The summed E-state index contributed by atoms with van der Waals surface area (Å²) in [5.74, 6) is 1.29. The van der Waals surface area contributed by atoms with Crippen molar-refractivity contribution in [1.29, 1.82) is 0 Å². The fraction of sp³-hybridized carbons (Fsp3) is 0.500. The van der Waals surface area contributed by atoms with Crippen LogP contribution < -0.4 is 4.74 Å². The molecule has 1 saturated carbocycles. The van der Waals surface area contributed by atoms with Gasteiger partial charge in [0.15, 0.2) is 5.78 Å². The summed E-state index contributed by atoms with van der Waals surface area (Å²) in [5.41, 5.74) is 0.701. The zero-order chi connectivity index (χ0) is 12.3. The highest BCUT2D eigenvalue weighted by Gasteiger charge is 2.36. The van der Waals surface area contributed by atoms with Crippen LogP contribution in [0.2, 0.25) is 0 Å². The van der Waals surface area contributed by atoms with Crippen LogP contribution in [0.1, 0.15) is 30.1 Å². The van der Waals surface area contributed by atoms with E-state index >= 15 is 0 Å². The van der Waals surface area contributed by atoms with Gasteiger partial charge in [0.25, 0.3) is 0 Å². The molecule has 0 N–H and O–H groups in total. The highest BCUT2D eigenvalue weighted by atomic mass is 16.5. The Morgan fingerprint density at radius 3 is 2.47 bits per heavy atom. The summed E-state index contributed by atoms with van der Waals surface area (Å²) < 4.78 is 10.6. The van der Waals surface area contributed by atoms with Crippen molar-refractivity contribution in [3.05, 3.63) is 29.8 Å². The molecule has 0 heterocycles. The molecular formula is C14H18O3. The normalized spacial score (nSPS) is 16.6. The van der Waals surface area contributed by atoms with E-state index in [9.17, 15) is 4.79 Å². The van der Waals surface area contributed by atoms with Crippen LogP contribution in [0.4, 0.5) is 0 Å². The Bertz CT molecular complexity index is 379. The first-order valence-corrected chi connectivity index (χ1v) is 6.06. The average Bonchev–Trinajstić information content (AvgIpc) is 3.16. The largest absolute Gasteiger partial charge is 0.494 e. The van der Waals surface area contributed by atoms with Gasteiger partial charge in [0.05, 0.1) is 6.61 Å². The van der Waals surface area contributed by atoms with Crippen LogP contribution in [0.3, 0.4) is 0 Å². The van der Waals surface area contributed by atoms with Gasteiger partial charge < -0.3 is 9.47 Å². The molecule has 17 heavy (non-hydrogen) atoms. The Balaban J connectivity index is 2.07. The topological polar surface area (TPSA) is 35.5 Å². The average molecular weight is 234 g/mol. The van der Waals surface area contributed by atoms with Gasteiger partial charge in [0, 0.05) is 12.7 Å². The van der Waals surface area contributed by atoms with Crippen molar-refractivity contribution in [3.8, 4) is 5.75 Å². The second-order valence-corrected chi connectivity index (χ2v) is 4.32. The number of methoxy groups -OCH3 is 1. The summed E-state index contributed by atoms with van der Waals surface area (Å²) in [6.45, 7) is 2.57. The zero-order valence-electron chi connectivity index (χ0n) is 10.3. The molecule has 0 aromatic heterocycles. The highest BCUT2D eigenvalue weighted by molar-refractivity contribution is 6.00. The van der Waals surface area contributed by atoms with E-state index in [4.69, 9.17) is 9.47 Å². The summed E-state index contributed by atoms with van der Waals surface area (Å²) in [6, 6.07) is 7.27. The van der Waals surface area contributed by atoms with E-state index in [0.717, 1.165) is 18.6 Å². The molecular weight excluding hydrogens is 216 g/mol. The second kappa shape index (κ2) is 5.32.